The lowest BCUT2D eigenvalue weighted by molar-refractivity contribution is -0.138. The van der Waals surface area contributed by atoms with Crippen LogP contribution in [0.2, 0.25) is 0 Å². The van der Waals surface area contributed by atoms with E-state index in [4.69, 9.17) is 14.6 Å². The van der Waals surface area contributed by atoms with Crippen LogP contribution in [0, 0.1) is 5.41 Å². The minimum absolute atomic E-state index is 0.123. The Balaban J connectivity index is 1.70. The van der Waals surface area contributed by atoms with E-state index in [-0.39, 0.29) is 11.8 Å². The van der Waals surface area contributed by atoms with Gasteiger partial charge in [0.25, 0.3) is 0 Å². The molecule has 1 aliphatic carbocycles. The van der Waals surface area contributed by atoms with Crippen molar-refractivity contribution in [3.8, 4) is 11.5 Å². The molecule has 1 aromatic rings. The van der Waals surface area contributed by atoms with Crippen LogP contribution in [-0.4, -0.2) is 40.5 Å². The monoisotopic (exact) mass is 312 g/mol. The molecule has 1 aromatic carbocycles. The molecule has 0 spiro atoms. The smallest absolute Gasteiger partial charge is 0.303 e. The van der Waals surface area contributed by atoms with Gasteiger partial charge in [0.2, 0.25) is 0 Å². The molecule has 2 rings (SSSR count). The number of methoxy groups -OCH3 is 1. The van der Waals surface area contributed by atoms with Crippen LogP contribution in [0.4, 0.5) is 0 Å². The SMILES string of the molecule is COc1ccc(OCCS(=O)CC2(CC(=O)O)CC2)cc1. The zero-order chi connectivity index (χ0) is 15.3. The van der Waals surface area contributed by atoms with E-state index in [0.717, 1.165) is 18.6 Å². The zero-order valence-electron chi connectivity index (χ0n) is 12.0. The minimum Gasteiger partial charge on any atom is -0.497 e. The number of ether oxygens (including phenoxy) is 2. The summed E-state index contributed by atoms with van der Waals surface area (Å²) in [7, 11) is 0.565. The van der Waals surface area contributed by atoms with Crippen molar-refractivity contribution in [1.29, 1.82) is 0 Å². The summed E-state index contributed by atoms with van der Waals surface area (Å²) < 4.78 is 22.6. The molecule has 0 radical (unpaired) electrons. The molecule has 1 fully saturated rings. The molecule has 0 aliphatic heterocycles. The fourth-order valence-electron chi connectivity index (χ4n) is 2.21. The van der Waals surface area contributed by atoms with Gasteiger partial charge in [-0.3, -0.25) is 9.00 Å². The molecule has 0 heterocycles. The Bertz CT molecular complexity index is 507. The van der Waals surface area contributed by atoms with Crippen LogP contribution in [-0.2, 0) is 15.6 Å². The Morgan fingerprint density at radius 2 is 1.90 bits per heavy atom. The highest BCUT2D eigenvalue weighted by atomic mass is 32.2. The van der Waals surface area contributed by atoms with Crippen molar-refractivity contribution in [3.05, 3.63) is 24.3 Å². The average molecular weight is 312 g/mol. The predicted octanol–water partition coefficient (Wildman–Crippen LogP) is 2.08. The molecule has 1 N–H and O–H groups in total. The Kier molecular flexibility index (Phi) is 5.22. The molecule has 1 saturated carbocycles. The number of carbonyl (C=O) groups is 1. The van der Waals surface area contributed by atoms with Crippen molar-refractivity contribution in [3.63, 3.8) is 0 Å². The van der Waals surface area contributed by atoms with Crippen LogP contribution >= 0.6 is 0 Å². The molecule has 116 valence electrons. The van der Waals surface area contributed by atoms with Gasteiger partial charge in [0.1, 0.15) is 11.5 Å². The van der Waals surface area contributed by atoms with Crippen molar-refractivity contribution in [2.24, 2.45) is 5.41 Å². The van der Waals surface area contributed by atoms with Crippen molar-refractivity contribution < 1.29 is 23.6 Å². The lowest BCUT2D eigenvalue weighted by Gasteiger charge is -2.12. The Morgan fingerprint density at radius 1 is 1.29 bits per heavy atom. The van der Waals surface area contributed by atoms with Crippen molar-refractivity contribution in [2.45, 2.75) is 19.3 Å². The maximum absolute atomic E-state index is 12.0. The van der Waals surface area contributed by atoms with E-state index in [9.17, 15) is 9.00 Å². The van der Waals surface area contributed by atoms with Crippen molar-refractivity contribution in [1.82, 2.24) is 0 Å². The molecule has 1 unspecified atom stereocenters. The van der Waals surface area contributed by atoms with Gasteiger partial charge in [-0.25, -0.2) is 0 Å². The van der Waals surface area contributed by atoms with E-state index < -0.39 is 16.8 Å². The molecule has 0 saturated heterocycles. The fraction of sp³-hybridized carbons (Fsp3) is 0.533. The highest BCUT2D eigenvalue weighted by molar-refractivity contribution is 7.85. The zero-order valence-corrected chi connectivity index (χ0v) is 12.9. The molecule has 6 heteroatoms. The molecule has 1 atom stereocenters. The summed E-state index contributed by atoms with van der Waals surface area (Å²) >= 11 is 0. The van der Waals surface area contributed by atoms with Crippen LogP contribution in [0.3, 0.4) is 0 Å². The Labute approximate surface area is 126 Å². The molecule has 5 nitrogen and oxygen atoms in total. The fourth-order valence-corrected chi connectivity index (χ4v) is 3.70. The second kappa shape index (κ2) is 6.93. The van der Waals surface area contributed by atoms with Crippen LogP contribution in [0.5, 0.6) is 11.5 Å². The first-order valence-corrected chi connectivity index (χ1v) is 8.35. The first-order valence-electron chi connectivity index (χ1n) is 6.87. The number of hydrogen-bond acceptors (Lipinski definition) is 4. The van der Waals surface area contributed by atoms with Crippen molar-refractivity contribution >= 4 is 16.8 Å². The largest absolute Gasteiger partial charge is 0.497 e. The van der Waals surface area contributed by atoms with Crippen molar-refractivity contribution in [2.75, 3.05) is 25.2 Å². The molecular weight excluding hydrogens is 292 g/mol. The molecule has 1 aliphatic rings. The van der Waals surface area contributed by atoms with Crippen LogP contribution in [0.25, 0.3) is 0 Å². The first-order chi connectivity index (χ1) is 10.0. The number of hydrogen-bond donors (Lipinski definition) is 1. The van der Waals surface area contributed by atoms with Gasteiger partial charge in [0.15, 0.2) is 0 Å². The normalized spacial score (nSPS) is 17.0. The Hall–Kier alpha value is -1.56. The van der Waals surface area contributed by atoms with Gasteiger partial charge < -0.3 is 14.6 Å². The number of benzene rings is 1. The molecule has 21 heavy (non-hydrogen) atoms. The maximum atomic E-state index is 12.0. The highest BCUT2D eigenvalue weighted by Crippen LogP contribution is 2.49. The summed E-state index contributed by atoms with van der Waals surface area (Å²) in [6, 6.07) is 7.21. The standard InChI is InChI=1S/C15H20O5S/c1-19-12-2-4-13(5-3-12)20-8-9-21(18)11-15(6-7-15)10-14(16)17/h2-5H,6-11H2,1H3,(H,16,17). The summed E-state index contributed by atoms with van der Waals surface area (Å²) in [5, 5.41) is 8.84. The van der Waals surface area contributed by atoms with Crippen LogP contribution in [0.1, 0.15) is 19.3 Å². The van der Waals surface area contributed by atoms with Crippen LogP contribution < -0.4 is 9.47 Å². The lowest BCUT2D eigenvalue weighted by atomic mass is 10.1. The highest BCUT2D eigenvalue weighted by Gasteiger charge is 2.45. The second-order valence-electron chi connectivity index (χ2n) is 5.38. The van der Waals surface area contributed by atoms with E-state index in [1.54, 1.807) is 31.4 Å². The van der Waals surface area contributed by atoms with Gasteiger partial charge in [-0.05, 0) is 42.5 Å². The summed E-state index contributed by atoms with van der Waals surface area (Å²) in [5.74, 6) is 1.55. The van der Waals surface area contributed by atoms with Gasteiger partial charge >= 0.3 is 5.97 Å². The summed E-state index contributed by atoms with van der Waals surface area (Å²) in [6.45, 7) is 0.363. The minimum atomic E-state index is -1.04. The van der Waals surface area contributed by atoms with E-state index in [0.29, 0.717) is 23.9 Å². The first kappa shape index (κ1) is 15.8. The van der Waals surface area contributed by atoms with Gasteiger partial charge in [-0.15, -0.1) is 0 Å². The number of rotatable bonds is 9. The number of aliphatic carboxylic acids is 1. The second-order valence-corrected chi connectivity index (χ2v) is 6.96. The third kappa shape index (κ3) is 5.04. The van der Waals surface area contributed by atoms with Gasteiger partial charge in [0, 0.05) is 16.6 Å². The molecule has 0 bridgehead atoms. The van der Waals surface area contributed by atoms with Crippen LogP contribution in [0.15, 0.2) is 24.3 Å². The average Bonchev–Trinajstić information content (AvgIpc) is 3.17. The summed E-state index contributed by atoms with van der Waals surface area (Å²) in [5.41, 5.74) is -0.225. The van der Waals surface area contributed by atoms with Gasteiger partial charge in [-0.2, -0.15) is 0 Å². The molecular formula is C15H20O5S. The van der Waals surface area contributed by atoms with E-state index in [1.165, 1.54) is 0 Å². The topological polar surface area (TPSA) is 72.8 Å². The lowest BCUT2D eigenvalue weighted by Crippen LogP contribution is -2.20. The molecule has 0 amide bonds. The van der Waals surface area contributed by atoms with E-state index >= 15 is 0 Å². The van der Waals surface area contributed by atoms with E-state index in [1.807, 2.05) is 0 Å². The summed E-state index contributed by atoms with van der Waals surface area (Å²) in [4.78, 5) is 10.8. The number of carboxylic acids is 1. The quantitative estimate of drug-likeness (QED) is 0.756. The third-order valence-electron chi connectivity index (χ3n) is 3.59. The van der Waals surface area contributed by atoms with E-state index in [2.05, 4.69) is 0 Å². The Morgan fingerprint density at radius 3 is 2.43 bits per heavy atom. The van der Waals surface area contributed by atoms with Gasteiger partial charge in [-0.1, -0.05) is 0 Å². The third-order valence-corrected chi connectivity index (χ3v) is 5.15. The predicted molar refractivity (Wildman–Crippen MR) is 80.3 cm³/mol. The molecule has 0 aromatic heterocycles. The van der Waals surface area contributed by atoms with Gasteiger partial charge in [0.05, 0.1) is 25.9 Å². The number of carboxylic acid groups (broad SMARTS) is 1. The summed E-state index contributed by atoms with van der Waals surface area (Å²) in [6.07, 6.45) is 1.85. The maximum Gasteiger partial charge on any atom is 0.303 e.